The highest BCUT2D eigenvalue weighted by molar-refractivity contribution is 6.31. The van der Waals surface area contributed by atoms with Crippen molar-refractivity contribution in [2.45, 2.75) is 38.8 Å². The Morgan fingerprint density at radius 3 is 2.70 bits per heavy atom. The van der Waals surface area contributed by atoms with Crippen molar-refractivity contribution in [1.29, 1.82) is 0 Å². The molecule has 2 atom stereocenters. The van der Waals surface area contributed by atoms with E-state index in [1.54, 1.807) is 0 Å². The minimum Gasteiger partial charge on any atom is -0.313 e. The van der Waals surface area contributed by atoms with Crippen LogP contribution in [0.4, 0.5) is 0 Å². The minimum atomic E-state index is 0.184. The molecule has 2 aromatic rings. The number of rotatable bonds is 6. The highest BCUT2D eigenvalue weighted by atomic mass is 35.5. The maximum atomic E-state index is 6.28. The fourth-order valence-electron chi connectivity index (χ4n) is 2.25. The van der Waals surface area contributed by atoms with E-state index in [1.165, 1.54) is 0 Å². The molecule has 1 N–H and O–H groups in total. The van der Waals surface area contributed by atoms with Crippen molar-refractivity contribution < 1.29 is 0 Å². The van der Waals surface area contributed by atoms with E-state index in [-0.39, 0.29) is 6.04 Å². The number of nitrogens with one attached hydrogen (secondary N) is 1. The third-order valence-electron chi connectivity index (χ3n) is 3.75. The Morgan fingerprint density at radius 2 is 2.05 bits per heavy atom. The van der Waals surface area contributed by atoms with Crippen LogP contribution in [0.2, 0.25) is 5.02 Å². The molecule has 20 heavy (non-hydrogen) atoms. The van der Waals surface area contributed by atoms with Gasteiger partial charge >= 0.3 is 0 Å². The van der Waals surface area contributed by atoms with Crippen LogP contribution in [0.3, 0.4) is 0 Å². The third-order valence-corrected chi connectivity index (χ3v) is 4.09. The molecule has 3 nitrogen and oxygen atoms in total. The van der Waals surface area contributed by atoms with Crippen LogP contribution in [0.1, 0.15) is 43.6 Å². The van der Waals surface area contributed by atoms with Crippen LogP contribution in [0.25, 0.3) is 0 Å². The number of nitrogens with zero attached hydrogens (tertiary/aromatic N) is 2. The Balaban J connectivity index is 2.15. The normalized spacial score (nSPS) is 14.2. The first-order valence-corrected chi connectivity index (χ1v) is 7.49. The lowest BCUT2D eigenvalue weighted by molar-refractivity contribution is 0.469. The second-order valence-electron chi connectivity index (χ2n) is 5.11. The zero-order chi connectivity index (χ0) is 14.5. The Bertz CT molecular complexity index is 550. The molecular weight excluding hydrogens is 270 g/mol. The van der Waals surface area contributed by atoms with E-state index < -0.39 is 0 Å². The van der Waals surface area contributed by atoms with Crippen molar-refractivity contribution in [3.63, 3.8) is 0 Å². The molecule has 0 bridgehead atoms. The molecule has 0 aliphatic heterocycles. The lowest BCUT2D eigenvalue weighted by Gasteiger charge is -2.17. The smallest absolute Gasteiger partial charge is 0.0643 e. The molecule has 0 radical (unpaired) electrons. The van der Waals surface area contributed by atoms with Crippen molar-refractivity contribution in [1.82, 2.24) is 15.1 Å². The molecule has 0 aliphatic rings. The number of aromatic nitrogens is 2. The second-order valence-corrected chi connectivity index (χ2v) is 5.52. The summed E-state index contributed by atoms with van der Waals surface area (Å²) in [5, 5.41) is 8.78. The van der Waals surface area contributed by atoms with Crippen molar-refractivity contribution in [2.75, 3.05) is 7.05 Å². The molecule has 0 spiro atoms. The molecule has 2 unspecified atom stereocenters. The molecule has 0 aliphatic carbocycles. The van der Waals surface area contributed by atoms with E-state index in [1.807, 2.05) is 29.9 Å². The van der Waals surface area contributed by atoms with Gasteiger partial charge in [0.05, 0.1) is 5.69 Å². The first-order valence-electron chi connectivity index (χ1n) is 7.11. The molecule has 2 rings (SSSR count). The van der Waals surface area contributed by atoms with E-state index in [9.17, 15) is 0 Å². The van der Waals surface area contributed by atoms with Crippen LogP contribution >= 0.6 is 11.6 Å². The monoisotopic (exact) mass is 291 g/mol. The van der Waals surface area contributed by atoms with Gasteiger partial charge in [0.15, 0.2) is 0 Å². The van der Waals surface area contributed by atoms with E-state index in [0.717, 1.165) is 29.1 Å². The van der Waals surface area contributed by atoms with Gasteiger partial charge in [0.25, 0.3) is 0 Å². The SMILES string of the molecule is CCC(C)n1ccc(CC(NC)c2ccccc2Cl)n1. The van der Waals surface area contributed by atoms with Gasteiger partial charge in [0.2, 0.25) is 0 Å². The van der Waals surface area contributed by atoms with Gasteiger partial charge in [-0.2, -0.15) is 5.10 Å². The van der Waals surface area contributed by atoms with Crippen LogP contribution in [-0.4, -0.2) is 16.8 Å². The molecule has 0 amide bonds. The van der Waals surface area contributed by atoms with Crippen LogP contribution < -0.4 is 5.32 Å². The molecule has 0 saturated carbocycles. The largest absolute Gasteiger partial charge is 0.313 e. The minimum absolute atomic E-state index is 0.184. The average Bonchev–Trinajstić information content (AvgIpc) is 2.93. The summed E-state index contributed by atoms with van der Waals surface area (Å²) in [6, 6.07) is 10.7. The summed E-state index contributed by atoms with van der Waals surface area (Å²) in [5.41, 5.74) is 2.21. The second kappa shape index (κ2) is 6.91. The van der Waals surface area contributed by atoms with Crippen LogP contribution in [0, 0.1) is 0 Å². The molecule has 4 heteroatoms. The molecule has 108 valence electrons. The van der Waals surface area contributed by atoms with E-state index in [0.29, 0.717) is 6.04 Å². The summed E-state index contributed by atoms with van der Waals surface area (Å²) in [6.45, 7) is 4.35. The van der Waals surface area contributed by atoms with E-state index in [2.05, 4.69) is 42.6 Å². The highest BCUT2D eigenvalue weighted by Gasteiger charge is 2.15. The zero-order valence-corrected chi connectivity index (χ0v) is 13.1. The number of benzene rings is 1. The van der Waals surface area contributed by atoms with E-state index in [4.69, 9.17) is 11.6 Å². The van der Waals surface area contributed by atoms with Gasteiger partial charge in [-0.15, -0.1) is 0 Å². The molecule has 1 heterocycles. The fourth-order valence-corrected chi connectivity index (χ4v) is 2.52. The van der Waals surface area contributed by atoms with Gasteiger partial charge in [-0.05, 0) is 38.1 Å². The summed E-state index contributed by atoms with van der Waals surface area (Å²) in [4.78, 5) is 0. The predicted octanol–water partition coefficient (Wildman–Crippen LogP) is 4.01. The van der Waals surface area contributed by atoms with E-state index >= 15 is 0 Å². The zero-order valence-electron chi connectivity index (χ0n) is 12.3. The van der Waals surface area contributed by atoms with Gasteiger partial charge in [0, 0.05) is 29.7 Å². The predicted molar refractivity (Wildman–Crippen MR) is 84.2 cm³/mol. The standard InChI is InChI=1S/C16H22ClN3/c1-4-12(2)20-10-9-13(19-20)11-16(18-3)14-7-5-6-8-15(14)17/h5-10,12,16,18H,4,11H2,1-3H3. The molecule has 0 saturated heterocycles. The molecule has 0 fully saturated rings. The lowest BCUT2D eigenvalue weighted by Crippen LogP contribution is -2.19. The van der Waals surface area contributed by atoms with Crippen molar-refractivity contribution >= 4 is 11.6 Å². The van der Waals surface area contributed by atoms with Crippen molar-refractivity contribution in [3.05, 3.63) is 52.8 Å². The topological polar surface area (TPSA) is 29.9 Å². The maximum absolute atomic E-state index is 6.28. The maximum Gasteiger partial charge on any atom is 0.0643 e. The van der Waals surface area contributed by atoms with Gasteiger partial charge in [-0.3, -0.25) is 4.68 Å². The van der Waals surface area contributed by atoms with Crippen LogP contribution in [0.5, 0.6) is 0 Å². The Labute approximate surface area is 126 Å². The van der Waals surface area contributed by atoms with Gasteiger partial charge < -0.3 is 5.32 Å². The third kappa shape index (κ3) is 3.41. The number of likely N-dealkylation sites (N-methyl/N-ethyl adjacent to an activating group) is 1. The van der Waals surface area contributed by atoms with Crippen LogP contribution in [-0.2, 0) is 6.42 Å². The first-order chi connectivity index (χ1) is 9.65. The Kier molecular flexibility index (Phi) is 5.21. The number of hydrogen-bond donors (Lipinski definition) is 1. The van der Waals surface area contributed by atoms with Gasteiger partial charge in [-0.25, -0.2) is 0 Å². The number of halogens is 1. The van der Waals surface area contributed by atoms with Gasteiger partial charge in [-0.1, -0.05) is 36.7 Å². The average molecular weight is 292 g/mol. The van der Waals surface area contributed by atoms with Crippen molar-refractivity contribution in [3.8, 4) is 0 Å². The molecular formula is C16H22ClN3. The fraction of sp³-hybridized carbons (Fsp3) is 0.438. The Hall–Kier alpha value is -1.32. The number of hydrogen-bond acceptors (Lipinski definition) is 2. The summed E-state index contributed by atoms with van der Waals surface area (Å²) < 4.78 is 2.04. The van der Waals surface area contributed by atoms with Gasteiger partial charge in [0.1, 0.15) is 0 Å². The summed E-state index contributed by atoms with van der Waals surface area (Å²) in [6.07, 6.45) is 3.98. The summed E-state index contributed by atoms with van der Waals surface area (Å²) in [7, 11) is 1.96. The van der Waals surface area contributed by atoms with Crippen LogP contribution in [0.15, 0.2) is 36.5 Å². The summed E-state index contributed by atoms with van der Waals surface area (Å²) >= 11 is 6.28. The lowest BCUT2D eigenvalue weighted by atomic mass is 10.0. The quantitative estimate of drug-likeness (QED) is 0.871. The highest BCUT2D eigenvalue weighted by Crippen LogP contribution is 2.25. The Morgan fingerprint density at radius 1 is 1.30 bits per heavy atom. The molecule has 1 aromatic heterocycles. The molecule has 1 aromatic carbocycles. The first kappa shape index (κ1) is 15.1. The summed E-state index contributed by atoms with van der Waals surface area (Å²) in [5.74, 6) is 0. The van der Waals surface area contributed by atoms with Crippen molar-refractivity contribution in [2.24, 2.45) is 0 Å².